The number of carbonyl (C=O) groups excluding carboxylic acids is 1. The van der Waals surface area contributed by atoms with E-state index in [9.17, 15) is 9.90 Å². The van der Waals surface area contributed by atoms with Gasteiger partial charge in [-0.05, 0) is 12.8 Å². The Kier molecular flexibility index (Phi) is 14.9. The number of hydrogen-bond donors (Lipinski definition) is 3. The summed E-state index contributed by atoms with van der Waals surface area (Å²) >= 11 is 0. The van der Waals surface area contributed by atoms with E-state index < -0.39 is 6.10 Å². The normalized spacial score (nSPS) is 13.8. The van der Waals surface area contributed by atoms with Crippen LogP contribution >= 0.6 is 0 Å². The van der Waals surface area contributed by atoms with Crippen LogP contribution in [0.1, 0.15) is 84.5 Å². The molecule has 132 valence electrons. The van der Waals surface area contributed by atoms with Gasteiger partial charge >= 0.3 is 0 Å². The number of carbonyl (C=O) groups is 1. The summed E-state index contributed by atoms with van der Waals surface area (Å²) in [7, 11) is 0. The number of rotatable bonds is 15. The highest BCUT2D eigenvalue weighted by molar-refractivity contribution is 5.79. The Morgan fingerprint density at radius 1 is 0.909 bits per heavy atom. The molecule has 0 saturated carbocycles. The largest absolute Gasteiger partial charge is 0.395 e. The first-order valence-corrected chi connectivity index (χ1v) is 9.23. The third-order valence-corrected chi connectivity index (χ3v) is 4.18. The summed E-state index contributed by atoms with van der Waals surface area (Å²) < 4.78 is 0. The van der Waals surface area contributed by atoms with Crippen LogP contribution in [0.3, 0.4) is 0 Å². The molecule has 1 amide bonds. The van der Waals surface area contributed by atoms with Crippen LogP contribution in [-0.4, -0.2) is 35.4 Å². The minimum absolute atomic E-state index is 0.0542. The number of unbranched alkanes of at least 4 members (excludes halogenated alkanes) is 7. The van der Waals surface area contributed by atoms with Gasteiger partial charge in [0.2, 0.25) is 5.91 Å². The van der Waals surface area contributed by atoms with E-state index in [2.05, 4.69) is 19.2 Å². The second kappa shape index (κ2) is 15.3. The fraction of sp³-hybridized carbons (Fsp3) is 0.944. The van der Waals surface area contributed by atoms with Gasteiger partial charge in [0, 0.05) is 6.54 Å². The summed E-state index contributed by atoms with van der Waals surface area (Å²) in [6, 6.07) is 0. The molecule has 3 N–H and O–H groups in total. The maximum atomic E-state index is 12.2. The maximum absolute atomic E-state index is 12.2. The van der Waals surface area contributed by atoms with Gasteiger partial charge in [-0.3, -0.25) is 4.79 Å². The van der Waals surface area contributed by atoms with Crippen molar-refractivity contribution in [1.29, 1.82) is 0 Å². The van der Waals surface area contributed by atoms with E-state index in [1.807, 2.05) is 0 Å². The number of aliphatic hydroxyl groups excluding tert-OH is 2. The molecule has 2 unspecified atom stereocenters. The molecular weight excluding hydrogens is 278 g/mol. The minimum Gasteiger partial charge on any atom is -0.395 e. The van der Waals surface area contributed by atoms with Gasteiger partial charge in [0.05, 0.1) is 18.6 Å². The zero-order valence-electron chi connectivity index (χ0n) is 14.6. The van der Waals surface area contributed by atoms with Crippen LogP contribution in [0, 0.1) is 5.92 Å². The number of hydrogen-bond acceptors (Lipinski definition) is 3. The summed E-state index contributed by atoms with van der Waals surface area (Å²) in [6.07, 6.45) is 11.1. The van der Waals surface area contributed by atoms with Crippen molar-refractivity contribution >= 4 is 5.91 Å². The van der Waals surface area contributed by atoms with E-state index in [0.29, 0.717) is 6.42 Å². The molecule has 4 nitrogen and oxygen atoms in total. The molecule has 0 radical (unpaired) electrons. The Bertz CT molecular complexity index is 259. The molecule has 0 bridgehead atoms. The van der Waals surface area contributed by atoms with Crippen molar-refractivity contribution in [2.24, 2.45) is 5.92 Å². The second-order valence-electron chi connectivity index (χ2n) is 6.24. The molecule has 0 aliphatic rings. The first-order chi connectivity index (χ1) is 10.7. The third-order valence-electron chi connectivity index (χ3n) is 4.18. The second-order valence-corrected chi connectivity index (χ2v) is 6.24. The zero-order valence-corrected chi connectivity index (χ0v) is 14.6. The van der Waals surface area contributed by atoms with Crippen LogP contribution in [0.15, 0.2) is 0 Å². The number of aliphatic hydroxyl groups is 2. The molecule has 2 atom stereocenters. The Labute approximate surface area is 136 Å². The van der Waals surface area contributed by atoms with Crippen molar-refractivity contribution in [2.45, 2.75) is 90.6 Å². The lowest BCUT2D eigenvalue weighted by Gasteiger charge is -2.22. The average Bonchev–Trinajstić information content (AvgIpc) is 2.52. The zero-order chi connectivity index (χ0) is 16.6. The smallest absolute Gasteiger partial charge is 0.225 e. The Morgan fingerprint density at radius 3 is 2.05 bits per heavy atom. The van der Waals surface area contributed by atoms with E-state index in [4.69, 9.17) is 5.11 Å². The minimum atomic E-state index is -0.554. The van der Waals surface area contributed by atoms with Gasteiger partial charge in [-0.2, -0.15) is 0 Å². The van der Waals surface area contributed by atoms with Crippen molar-refractivity contribution in [1.82, 2.24) is 5.32 Å². The molecule has 0 rings (SSSR count). The topological polar surface area (TPSA) is 69.6 Å². The van der Waals surface area contributed by atoms with Crippen LogP contribution < -0.4 is 5.32 Å². The van der Waals surface area contributed by atoms with Crippen molar-refractivity contribution < 1.29 is 15.0 Å². The molecule has 0 aromatic rings. The fourth-order valence-corrected chi connectivity index (χ4v) is 2.76. The van der Waals surface area contributed by atoms with Crippen molar-refractivity contribution in [3.63, 3.8) is 0 Å². The molecular formula is C18H37NO3. The van der Waals surface area contributed by atoms with Crippen LogP contribution in [-0.2, 0) is 4.79 Å². The van der Waals surface area contributed by atoms with Crippen LogP contribution in [0.25, 0.3) is 0 Å². The van der Waals surface area contributed by atoms with Gasteiger partial charge in [0.15, 0.2) is 0 Å². The van der Waals surface area contributed by atoms with Gasteiger partial charge in [-0.15, -0.1) is 0 Å². The summed E-state index contributed by atoms with van der Waals surface area (Å²) in [5, 5.41) is 21.9. The van der Waals surface area contributed by atoms with Crippen LogP contribution in [0.5, 0.6) is 0 Å². The summed E-state index contributed by atoms with van der Waals surface area (Å²) in [5.41, 5.74) is 0. The molecule has 0 heterocycles. The predicted molar refractivity (Wildman–Crippen MR) is 91.7 cm³/mol. The molecule has 0 aliphatic heterocycles. The summed E-state index contributed by atoms with van der Waals surface area (Å²) in [4.78, 5) is 12.2. The lowest BCUT2D eigenvalue weighted by atomic mass is 9.91. The first kappa shape index (κ1) is 21.4. The molecule has 0 spiro atoms. The van der Waals surface area contributed by atoms with Crippen LogP contribution in [0.4, 0.5) is 0 Å². The number of amides is 1. The monoisotopic (exact) mass is 315 g/mol. The highest BCUT2D eigenvalue weighted by Gasteiger charge is 2.25. The van der Waals surface area contributed by atoms with Gasteiger partial charge < -0.3 is 15.5 Å². The van der Waals surface area contributed by atoms with E-state index in [1.165, 1.54) is 32.1 Å². The van der Waals surface area contributed by atoms with Crippen LogP contribution in [0.2, 0.25) is 0 Å². The lowest BCUT2D eigenvalue weighted by Crippen LogP contribution is -2.39. The third kappa shape index (κ3) is 11.0. The maximum Gasteiger partial charge on any atom is 0.225 e. The van der Waals surface area contributed by atoms with Gasteiger partial charge in [-0.25, -0.2) is 0 Å². The molecule has 0 aliphatic carbocycles. The van der Waals surface area contributed by atoms with E-state index in [-0.39, 0.29) is 25.0 Å². The highest BCUT2D eigenvalue weighted by Crippen LogP contribution is 2.20. The molecule has 4 heteroatoms. The van der Waals surface area contributed by atoms with Crippen molar-refractivity contribution in [2.75, 3.05) is 13.2 Å². The van der Waals surface area contributed by atoms with E-state index >= 15 is 0 Å². The van der Waals surface area contributed by atoms with Crippen molar-refractivity contribution in [3.8, 4) is 0 Å². The van der Waals surface area contributed by atoms with E-state index in [0.717, 1.165) is 32.1 Å². The quantitative estimate of drug-likeness (QED) is 0.406. The lowest BCUT2D eigenvalue weighted by molar-refractivity contribution is -0.129. The highest BCUT2D eigenvalue weighted by atomic mass is 16.3. The number of nitrogens with one attached hydrogen (secondary N) is 1. The molecule has 0 fully saturated rings. The van der Waals surface area contributed by atoms with Crippen molar-refractivity contribution in [3.05, 3.63) is 0 Å². The summed E-state index contributed by atoms with van der Waals surface area (Å²) in [5.74, 6) is -0.429. The molecule has 0 aromatic heterocycles. The SMILES string of the molecule is CCCCCCCC(O)C(CCCCCC)C(=O)NCCO. The molecule has 0 aromatic carbocycles. The Hall–Kier alpha value is -0.610. The first-order valence-electron chi connectivity index (χ1n) is 9.23. The van der Waals surface area contributed by atoms with Gasteiger partial charge in [-0.1, -0.05) is 71.6 Å². The molecule has 0 saturated heterocycles. The van der Waals surface area contributed by atoms with Gasteiger partial charge in [0.1, 0.15) is 0 Å². The average molecular weight is 315 g/mol. The van der Waals surface area contributed by atoms with E-state index in [1.54, 1.807) is 0 Å². The fourth-order valence-electron chi connectivity index (χ4n) is 2.76. The molecule has 22 heavy (non-hydrogen) atoms. The van der Waals surface area contributed by atoms with Gasteiger partial charge in [0.25, 0.3) is 0 Å². The standard InChI is InChI=1S/C18H37NO3/c1-3-5-7-9-11-13-17(21)16(12-10-8-6-4-2)18(22)19-14-15-20/h16-17,20-21H,3-15H2,1-2H3,(H,19,22). The Morgan fingerprint density at radius 2 is 1.45 bits per heavy atom. The Balaban J connectivity index is 4.19. The predicted octanol–water partition coefficient (Wildman–Crippen LogP) is 3.40. The summed E-state index contributed by atoms with van der Waals surface area (Å²) in [6.45, 7) is 4.57.